The average Bonchev–Trinajstić information content (AvgIpc) is 4.01. The Bertz CT molecular complexity index is 2140. The van der Waals surface area contributed by atoms with Gasteiger partial charge in [-0.25, -0.2) is 19.6 Å². The van der Waals surface area contributed by atoms with Crippen molar-refractivity contribution in [2.24, 2.45) is 17.6 Å². The second-order valence-corrected chi connectivity index (χ2v) is 16.7. The molecule has 2 aromatic carbocycles. The summed E-state index contributed by atoms with van der Waals surface area (Å²) in [4.78, 5) is 63.2. The van der Waals surface area contributed by atoms with E-state index in [0.29, 0.717) is 73.3 Å². The lowest BCUT2D eigenvalue weighted by Gasteiger charge is -2.30. The van der Waals surface area contributed by atoms with Crippen molar-refractivity contribution in [2.75, 3.05) is 47.7 Å². The minimum atomic E-state index is -0.745. The van der Waals surface area contributed by atoms with E-state index in [1.54, 1.807) is 0 Å². The van der Waals surface area contributed by atoms with Gasteiger partial charge in [0, 0.05) is 56.1 Å². The first kappa shape index (κ1) is 50.3. The van der Waals surface area contributed by atoms with Gasteiger partial charge in [0.2, 0.25) is 17.8 Å². The van der Waals surface area contributed by atoms with Gasteiger partial charge in [0.1, 0.15) is 29.3 Å². The molecule has 354 valence electrons. The van der Waals surface area contributed by atoms with Crippen LogP contribution in [-0.2, 0) is 35.1 Å². The maximum absolute atomic E-state index is 15.1. The first-order chi connectivity index (χ1) is 31.3. The van der Waals surface area contributed by atoms with E-state index < -0.39 is 30.1 Å². The third-order valence-electron chi connectivity index (χ3n) is 12.6. The summed E-state index contributed by atoms with van der Waals surface area (Å²) in [5.41, 5.74) is 8.22. The molecule has 3 unspecified atom stereocenters. The molecule has 3 aliphatic rings. The fraction of sp³-hybridized carbons (Fsp3) is 0.532. The lowest BCUT2D eigenvalue weighted by molar-refractivity contribution is -0.135. The predicted octanol–water partition coefficient (Wildman–Crippen LogP) is 7.56. The molecule has 0 radical (unpaired) electrons. The first-order valence-corrected chi connectivity index (χ1v) is 22.3. The number of amides is 3. The number of nitrogens with one attached hydrogen (secondary N) is 3. The number of methoxy groups -OCH3 is 2. The second-order valence-electron chi connectivity index (χ2n) is 16.7. The number of imidazole rings is 2. The summed E-state index contributed by atoms with van der Waals surface area (Å²) < 4.78 is 49.0. The van der Waals surface area contributed by atoms with Gasteiger partial charge in [0.15, 0.2) is 0 Å². The number of nitrogens with two attached hydrogens (primary N) is 1. The lowest BCUT2D eigenvalue weighted by Crippen LogP contribution is -2.43. The largest absolute Gasteiger partial charge is 0.453 e. The van der Waals surface area contributed by atoms with E-state index >= 15 is 4.39 Å². The quantitative estimate of drug-likeness (QED) is 0.0963. The molecule has 3 amide bonds. The average molecular weight is 907 g/mol. The number of ether oxygens (including phenoxy) is 4. The molecule has 2 aromatic heterocycles. The molecule has 16 nitrogen and oxygen atoms in total. The highest BCUT2D eigenvalue weighted by atomic mass is 19.1. The molecule has 3 fully saturated rings. The SMILES string of the molecule is CC[C@H](C)N(Cc1nc(-c2ccc(-c3ccc(-c4nc(C5CCC(C)N5C)[nH]c4F)cc3)cc2)c(F)[nH]1)C(=O)CC1CCOCC1.COC(=O)NC(C=O)C1CCOCC1.COC(N)=O. The van der Waals surface area contributed by atoms with E-state index in [0.717, 1.165) is 62.4 Å². The zero-order valence-electron chi connectivity index (χ0n) is 38.2. The zero-order chi connectivity index (χ0) is 47.0. The van der Waals surface area contributed by atoms with Crippen molar-refractivity contribution in [1.82, 2.24) is 35.1 Å². The summed E-state index contributed by atoms with van der Waals surface area (Å²) in [7, 11) is 4.56. The van der Waals surface area contributed by atoms with Crippen LogP contribution in [0, 0.1) is 23.7 Å². The van der Waals surface area contributed by atoms with E-state index in [1.807, 2.05) is 67.3 Å². The van der Waals surface area contributed by atoms with Crippen LogP contribution in [-0.4, -0.2) is 120 Å². The van der Waals surface area contributed by atoms with Crippen LogP contribution in [0.25, 0.3) is 33.6 Å². The predicted molar refractivity (Wildman–Crippen MR) is 240 cm³/mol. The van der Waals surface area contributed by atoms with Crippen molar-refractivity contribution in [3.05, 3.63) is 72.1 Å². The van der Waals surface area contributed by atoms with Crippen LogP contribution in [0.3, 0.4) is 0 Å². The van der Waals surface area contributed by atoms with Gasteiger partial charge in [-0.3, -0.25) is 9.69 Å². The van der Waals surface area contributed by atoms with Crippen molar-refractivity contribution in [1.29, 1.82) is 0 Å². The second kappa shape index (κ2) is 24.5. The normalized spacial score (nSPS) is 18.8. The van der Waals surface area contributed by atoms with E-state index in [1.165, 1.54) is 14.2 Å². The lowest BCUT2D eigenvalue weighted by atomic mass is 9.93. The van der Waals surface area contributed by atoms with Gasteiger partial charge >= 0.3 is 12.2 Å². The molecule has 18 heteroatoms. The Hall–Kier alpha value is -5.72. The van der Waals surface area contributed by atoms with E-state index in [2.05, 4.69) is 59.3 Å². The summed E-state index contributed by atoms with van der Waals surface area (Å²) in [5.74, 6) is 0.709. The van der Waals surface area contributed by atoms with Crippen molar-refractivity contribution >= 4 is 24.4 Å². The number of carbonyl (C=O) groups is 4. The minimum absolute atomic E-state index is 0.0130. The summed E-state index contributed by atoms with van der Waals surface area (Å²) in [6.07, 6.45) is 6.12. The van der Waals surface area contributed by atoms with Crippen molar-refractivity contribution in [2.45, 2.75) is 103 Å². The molecule has 3 aliphatic heterocycles. The number of alkyl carbamates (subject to hydrolysis) is 1. The molecular formula is C47H64F2N8O8. The molecule has 0 aliphatic carbocycles. The van der Waals surface area contributed by atoms with Crippen LogP contribution < -0.4 is 11.1 Å². The highest BCUT2D eigenvalue weighted by molar-refractivity contribution is 5.77. The molecule has 65 heavy (non-hydrogen) atoms. The van der Waals surface area contributed by atoms with Crippen LogP contribution in [0.5, 0.6) is 0 Å². The highest BCUT2D eigenvalue weighted by Crippen LogP contribution is 2.35. The number of aromatic nitrogens is 4. The number of aromatic amines is 2. The van der Waals surface area contributed by atoms with Crippen LogP contribution in [0.4, 0.5) is 18.4 Å². The fourth-order valence-corrected chi connectivity index (χ4v) is 8.19. The number of hydrogen-bond acceptors (Lipinski definition) is 11. The molecule has 5 N–H and O–H groups in total. The Kier molecular flexibility index (Phi) is 19.0. The smallest absolute Gasteiger partial charge is 0.407 e. The van der Waals surface area contributed by atoms with Crippen molar-refractivity contribution in [3.8, 4) is 33.6 Å². The molecule has 5 heterocycles. The highest BCUT2D eigenvalue weighted by Gasteiger charge is 2.32. The van der Waals surface area contributed by atoms with Gasteiger partial charge in [0.25, 0.3) is 0 Å². The standard InChI is InChI=1S/C36H44F2N6O2.C9H15NO4.C2H5NO2/c1-5-22(2)44(31(45)20-24-16-18-46-19-17-24)21-30-39-32(34(37)40-30)27-11-7-25(8-12-27)26-9-13-28(14-10-26)33-35(38)42-36(41-33)29-15-6-23(3)43(29)4;1-13-9(12)10-8(6-11)7-2-4-14-5-3-7;1-5-2(3)4/h7-14,22-24,29H,5-6,15-21H2,1-4H3,(H,39,40)(H,41,42);6-8H,2-5H2,1H3,(H,10,12);1H3,(H2,3,4)/t22-,23?,29?;;/m0../s1. The molecule has 0 saturated carbocycles. The number of carbonyl (C=O) groups excluding carboxylic acids is 4. The van der Waals surface area contributed by atoms with Crippen LogP contribution >= 0.6 is 0 Å². The molecule has 4 atom stereocenters. The molecule has 3 saturated heterocycles. The number of rotatable bonds is 13. The van der Waals surface area contributed by atoms with E-state index in [9.17, 15) is 23.6 Å². The summed E-state index contributed by atoms with van der Waals surface area (Å²) in [6.45, 7) is 9.16. The third-order valence-corrected chi connectivity index (χ3v) is 12.6. The van der Waals surface area contributed by atoms with E-state index in [4.69, 9.17) is 9.47 Å². The molecular weight excluding hydrogens is 843 g/mol. The van der Waals surface area contributed by atoms with Crippen LogP contribution in [0.2, 0.25) is 0 Å². The number of nitrogens with zero attached hydrogens (tertiary/aromatic N) is 4. The molecule has 4 aromatic rings. The number of likely N-dealkylation sites (tertiary alicyclic amines) is 1. The number of halogens is 2. The molecule has 7 rings (SSSR count). The number of H-pyrrole nitrogens is 2. The van der Waals surface area contributed by atoms with Gasteiger partial charge in [-0.05, 0) is 88.8 Å². The number of primary amides is 1. The Labute approximate surface area is 379 Å². The van der Waals surface area contributed by atoms with Gasteiger partial charge in [-0.15, -0.1) is 0 Å². The minimum Gasteiger partial charge on any atom is -0.453 e. The Morgan fingerprint density at radius 1 is 0.862 bits per heavy atom. The molecule has 0 bridgehead atoms. The molecule has 0 spiro atoms. The summed E-state index contributed by atoms with van der Waals surface area (Å²) in [5, 5.41) is 2.50. The van der Waals surface area contributed by atoms with Crippen molar-refractivity contribution in [3.63, 3.8) is 0 Å². The monoisotopic (exact) mass is 906 g/mol. The fourth-order valence-electron chi connectivity index (χ4n) is 8.19. The summed E-state index contributed by atoms with van der Waals surface area (Å²) in [6, 6.07) is 15.3. The maximum Gasteiger partial charge on any atom is 0.407 e. The first-order valence-electron chi connectivity index (χ1n) is 22.3. The Morgan fingerprint density at radius 3 is 1.88 bits per heavy atom. The Morgan fingerprint density at radius 2 is 1.38 bits per heavy atom. The van der Waals surface area contributed by atoms with Gasteiger partial charge in [0.05, 0.1) is 32.8 Å². The van der Waals surface area contributed by atoms with Crippen LogP contribution in [0.15, 0.2) is 48.5 Å². The number of hydrogen-bond donors (Lipinski definition) is 4. The van der Waals surface area contributed by atoms with Gasteiger partial charge in [-0.2, -0.15) is 8.78 Å². The van der Waals surface area contributed by atoms with Gasteiger partial charge < -0.3 is 49.7 Å². The van der Waals surface area contributed by atoms with Crippen molar-refractivity contribution < 1.29 is 46.9 Å². The summed E-state index contributed by atoms with van der Waals surface area (Å²) >= 11 is 0. The topological polar surface area (TPSA) is 207 Å². The maximum atomic E-state index is 15.1. The number of benzene rings is 2. The van der Waals surface area contributed by atoms with E-state index in [-0.39, 0.29) is 36.1 Å². The third kappa shape index (κ3) is 13.9. The van der Waals surface area contributed by atoms with Crippen LogP contribution in [0.1, 0.15) is 89.8 Å². The zero-order valence-corrected chi connectivity index (χ0v) is 38.2. The van der Waals surface area contributed by atoms with Gasteiger partial charge in [-0.1, -0.05) is 55.5 Å². The Balaban J connectivity index is 0.000000348. The number of aldehydes is 1.